The minimum atomic E-state index is -3.78. The second-order valence-corrected chi connectivity index (χ2v) is 8.34. The standard InChI is InChI=1S/C17H22N2O3S2/c1-4-6-13-7-9-14(10-8-13)24(21,22)19-18-17(20)16-11-12(3)15(5-2)23-16/h7-11,19H,4-6H2,1-3H3,(H,18,20). The first kappa shape index (κ1) is 18.6. The number of benzene rings is 1. The number of hydrogen-bond acceptors (Lipinski definition) is 4. The van der Waals surface area contributed by atoms with Gasteiger partial charge in [0.05, 0.1) is 9.77 Å². The van der Waals surface area contributed by atoms with Crippen molar-refractivity contribution in [3.05, 3.63) is 51.2 Å². The molecule has 0 spiro atoms. The van der Waals surface area contributed by atoms with Crippen LogP contribution in [0, 0.1) is 6.92 Å². The van der Waals surface area contributed by atoms with E-state index in [1.54, 1.807) is 30.3 Å². The quantitative estimate of drug-likeness (QED) is 0.739. The summed E-state index contributed by atoms with van der Waals surface area (Å²) in [4.78, 5) is 16.0. The Morgan fingerprint density at radius 2 is 1.83 bits per heavy atom. The monoisotopic (exact) mass is 366 g/mol. The number of hydrogen-bond donors (Lipinski definition) is 2. The average Bonchev–Trinajstić information content (AvgIpc) is 2.94. The van der Waals surface area contributed by atoms with Gasteiger partial charge in [-0.15, -0.1) is 16.2 Å². The molecule has 0 aliphatic rings. The fourth-order valence-electron chi connectivity index (χ4n) is 2.34. The highest BCUT2D eigenvalue weighted by Gasteiger charge is 2.17. The van der Waals surface area contributed by atoms with Crippen molar-refractivity contribution in [1.29, 1.82) is 0 Å². The van der Waals surface area contributed by atoms with Crippen LogP contribution in [0.25, 0.3) is 0 Å². The molecular formula is C17H22N2O3S2. The number of thiophene rings is 1. The van der Waals surface area contributed by atoms with Crippen LogP contribution >= 0.6 is 11.3 Å². The third-order valence-electron chi connectivity index (χ3n) is 3.64. The summed E-state index contributed by atoms with van der Waals surface area (Å²) in [5.41, 5.74) is 4.40. The summed E-state index contributed by atoms with van der Waals surface area (Å²) in [6.45, 7) is 6.03. The highest BCUT2D eigenvalue weighted by molar-refractivity contribution is 7.89. The molecule has 0 saturated heterocycles. The van der Waals surface area contributed by atoms with Crippen LogP contribution in [0.2, 0.25) is 0 Å². The minimum Gasteiger partial charge on any atom is -0.273 e. The molecule has 1 amide bonds. The van der Waals surface area contributed by atoms with Crippen molar-refractivity contribution in [2.75, 3.05) is 0 Å². The van der Waals surface area contributed by atoms with E-state index in [0.717, 1.165) is 35.3 Å². The van der Waals surface area contributed by atoms with Crippen molar-refractivity contribution in [3.8, 4) is 0 Å². The Morgan fingerprint density at radius 1 is 1.17 bits per heavy atom. The number of amides is 1. The molecule has 2 rings (SSSR count). The Balaban J connectivity index is 2.04. The summed E-state index contributed by atoms with van der Waals surface area (Å²) in [5, 5.41) is 0. The van der Waals surface area contributed by atoms with Crippen LogP contribution in [0.5, 0.6) is 0 Å². The summed E-state index contributed by atoms with van der Waals surface area (Å²) >= 11 is 1.37. The molecule has 130 valence electrons. The van der Waals surface area contributed by atoms with Crippen LogP contribution < -0.4 is 10.3 Å². The maximum Gasteiger partial charge on any atom is 0.276 e. The summed E-state index contributed by atoms with van der Waals surface area (Å²) in [5.74, 6) is -0.450. The Labute approximate surface area is 147 Å². The van der Waals surface area contributed by atoms with Crippen molar-refractivity contribution in [3.63, 3.8) is 0 Å². The number of aryl methyl sites for hydroxylation is 3. The van der Waals surface area contributed by atoms with Gasteiger partial charge in [-0.25, -0.2) is 8.42 Å². The first-order valence-electron chi connectivity index (χ1n) is 7.87. The van der Waals surface area contributed by atoms with Gasteiger partial charge >= 0.3 is 0 Å². The maximum absolute atomic E-state index is 12.2. The number of nitrogens with one attached hydrogen (secondary N) is 2. The zero-order chi connectivity index (χ0) is 17.7. The van der Waals surface area contributed by atoms with Gasteiger partial charge in [-0.1, -0.05) is 32.4 Å². The Hall–Kier alpha value is -1.70. The summed E-state index contributed by atoms with van der Waals surface area (Å²) in [6.07, 6.45) is 2.75. The zero-order valence-corrected chi connectivity index (χ0v) is 15.7. The molecule has 2 N–H and O–H groups in total. The van der Waals surface area contributed by atoms with E-state index in [2.05, 4.69) is 17.2 Å². The van der Waals surface area contributed by atoms with Crippen LogP contribution in [0.15, 0.2) is 35.2 Å². The molecule has 0 aliphatic heterocycles. The Bertz CT molecular complexity index is 809. The van der Waals surface area contributed by atoms with E-state index < -0.39 is 15.9 Å². The number of hydrazine groups is 1. The van der Waals surface area contributed by atoms with Gasteiger partial charge in [0.2, 0.25) is 0 Å². The van der Waals surface area contributed by atoms with E-state index in [1.807, 2.05) is 13.8 Å². The minimum absolute atomic E-state index is 0.124. The van der Waals surface area contributed by atoms with Gasteiger partial charge in [0.25, 0.3) is 15.9 Å². The molecule has 24 heavy (non-hydrogen) atoms. The molecule has 0 bridgehead atoms. The lowest BCUT2D eigenvalue weighted by Gasteiger charge is -2.08. The normalized spacial score (nSPS) is 11.5. The van der Waals surface area contributed by atoms with Gasteiger partial charge in [-0.3, -0.25) is 10.2 Å². The fraction of sp³-hybridized carbons (Fsp3) is 0.353. The summed E-state index contributed by atoms with van der Waals surface area (Å²) < 4.78 is 24.5. The van der Waals surface area contributed by atoms with Gasteiger partial charge in [-0.05, 0) is 49.1 Å². The van der Waals surface area contributed by atoms with Crippen LogP contribution in [-0.2, 0) is 22.9 Å². The largest absolute Gasteiger partial charge is 0.276 e. The van der Waals surface area contributed by atoms with Crippen molar-refractivity contribution in [2.24, 2.45) is 0 Å². The van der Waals surface area contributed by atoms with Gasteiger partial charge in [-0.2, -0.15) is 0 Å². The van der Waals surface area contributed by atoms with Crippen LogP contribution in [0.3, 0.4) is 0 Å². The van der Waals surface area contributed by atoms with Crippen LogP contribution in [0.4, 0.5) is 0 Å². The van der Waals surface area contributed by atoms with Crippen LogP contribution in [0.1, 0.15) is 45.9 Å². The Morgan fingerprint density at radius 3 is 2.38 bits per heavy atom. The maximum atomic E-state index is 12.2. The molecule has 0 radical (unpaired) electrons. The molecule has 1 heterocycles. The number of rotatable bonds is 7. The lowest BCUT2D eigenvalue weighted by atomic mass is 10.1. The molecular weight excluding hydrogens is 344 g/mol. The molecule has 0 unspecified atom stereocenters. The van der Waals surface area contributed by atoms with Gasteiger partial charge < -0.3 is 0 Å². The number of carbonyl (C=O) groups excluding carboxylic acids is 1. The lowest BCUT2D eigenvalue weighted by Crippen LogP contribution is -2.41. The highest BCUT2D eigenvalue weighted by Crippen LogP contribution is 2.22. The smallest absolute Gasteiger partial charge is 0.273 e. The average molecular weight is 367 g/mol. The summed E-state index contributed by atoms with van der Waals surface area (Å²) in [6, 6.07) is 8.44. The first-order valence-corrected chi connectivity index (χ1v) is 10.2. The zero-order valence-electron chi connectivity index (χ0n) is 14.0. The van der Waals surface area contributed by atoms with Crippen molar-refractivity contribution in [1.82, 2.24) is 10.3 Å². The van der Waals surface area contributed by atoms with Gasteiger partial charge in [0, 0.05) is 4.88 Å². The third-order valence-corrected chi connectivity index (χ3v) is 6.28. The lowest BCUT2D eigenvalue weighted by molar-refractivity contribution is 0.0949. The van der Waals surface area contributed by atoms with E-state index in [4.69, 9.17) is 0 Å². The topological polar surface area (TPSA) is 75.3 Å². The van der Waals surface area contributed by atoms with Crippen molar-refractivity contribution in [2.45, 2.75) is 44.9 Å². The molecule has 0 fully saturated rings. The fourth-order valence-corrected chi connectivity index (χ4v) is 4.19. The Kier molecular flexibility index (Phi) is 6.15. The van der Waals surface area contributed by atoms with E-state index in [0.29, 0.717) is 4.88 Å². The number of sulfonamides is 1. The van der Waals surface area contributed by atoms with Crippen molar-refractivity contribution >= 4 is 27.3 Å². The molecule has 2 aromatic rings. The number of carbonyl (C=O) groups is 1. The highest BCUT2D eigenvalue weighted by atomic mass is 32.2. The first-order chi connectivity index (χ1) is 11.4. The predicted molar refractivity (Wildman–Crippen MR) is 96.7 cm³/mol. The third kappa shape index (κ3) is 4.43. The molecule has 0 saturated carbocycles. The van der Waals surface area contributed by atoms with E-state index >= 15 is 0 Å². The van der Waals surface area contributed by atoms with E-state index in [-0.39, 0.29) is 4.90 Å². The predicted octanol–water partition coefficient (Wildman–Crippen LogP) is 3.19. The molecule has 0 atom stereocenters. The summed E-state index contributed by atoms with van der Waals surface area (Å²) in [7, 11) is -3.78. The second-order valence-electron chi connectivity index (χ2n) is 5.52. The molecule has 7 heteroatoms. The molecule has 5 nitrogen and oxygen atoms in total. The van der Waals surface area contributed by atoms with Crippen LogP contribution in [-0.4, -0.2) is 14.3 Å². The SMILES string of the molecule is CCCc1ccc(S(=O)(=O)NNC(=O)c2cc(C)c(CC)s2)cc1. The second kappa shape index (κ2) is 7.92. The molecule has 0 aliphatic carbocycles. The molecule has 1 aromatic heterocycles. The van der Waals surface area contributed by atoms with Gasteiger partial charge in [0.15, 0.2) is 0 Å². The van der Waals surface area contributed by atoms with Gasteiger partial charge in [0.1, 0.15) is 0 Å². The van der Waals surface area contributed by atoms with Crippen molar-refractivity contribution < 1.29 is 13.2 Å². The molecule has 1 aromatic carbocycles. The van der Waals surface area contributed by atoms with E-state index in [9.17, 15) is 13.2 Å². The van der Waals surface area contributed by atoms with E-state index in [1.165, 1.54) is 11.3 Å².